The predicted molar refractivity (Wildman–Crippen MR) is 80.3 cm³/mol. The lowest BCUT2D eigenvalue weighted by Crippen LogP contribution is -2.35. The van der Waals surface area contributed by atoms with Crippen LogP contribution in [0.5, 0.6) is 5.75 Å². The molecule has 0 bridgehead atoms. The SMILES string of the molecule is COc1cccc(C#N)c1NC(=O)CN1CCCNCC1. The number of anilines is 1. The second-order valence-corrected chi connectivity index (χ2v) is 4.92. The first-order chi connectivity index (χ1) is 10.2. The average molecular weight is 288 g/mol. The van der Waals surface area contributed by atoms with E-state index in [9.17, 15) is 4.79 Å². The molecule has 2 N–H and O–H groups in total. The number of carbonyl (C=O) groups is 1. The van der Waals surface area contributed by atoms with Gasteiger partial charge in [-0.1, -0.05) is 6.07 Å². The highest BCUT2D eigenvalue weighted by atomic mass is 16.5. The van der Waals surface area contributed by atoms with Gasteiger partial charge in [0, 0.05) is 13.1 Å². The number of benzene rings is 1. The lowest BCUT2D eigenvalue weighted by atomic mass is 10.1. The van der Waals surface area contributed by atoms with Crippen molar-refractivity contribution in [2.45, 2.75) is 6.42 Å². The summed E-state index contributed by atoms with van der Waals surface area (Å²) in [5.41, 5.74) is 0.848. The number of methoxy groups -OCH3 is 1. The number of amides is 1. The molecule has 2 rings (SSSR count). The number of hydrogen-bond donors (Lipinski definition) is 2. The molecule has 1 saturated heterocycles. The maximum Gasteiger partial charge on any atom is 0.238 e. The van der Waals surface area contributed by atoms with Crippen LogP contribution in [0.4, 0.5) is 5.69 Å². The van der Waals surface area contributed by atoms with Crippen molar-refractivity contribution < 1.29 is 9.53 Å². The summed E-state index contributed by atoms with van der Waals surface area (Å²) in [6, 6.07) is 7.19. The summed E-state index contributed by atoms with van der Waals surface area (Å²) >= 11 is 0. The van der Waals surface area contributed by atoms with E-state index in [0.29, 0.717) is 23.5 Å². The summed E-state index contributed by atoms with van der Waals surface area (Å²) in [5.74, 6) is 0.373. The van der Waals surface area contributed by atoms with Crippen LogP contribution in [-0.4, -0.2) is 50.6 Å². The molecule has 6 nitrogen and oxygen atoms in total. The Labute approximate surface area is 124 Å². The van der Waals surface area contributed by atoms with E-state index < -0.39 is 0 Å². The first-order valence-electron chi connectivity index (χ1n) is 7.04. The summed E-state index contributed by atoms with van der Waals surface area (Å²) in [7, 11) is 1.52. The predicted octanol–water partition coefficient (Wildman–Crippen LogP) is 0.801. The molecule has 21 heavy (non-hydrogen) atoms. The van der Waals surface area contributed by atoms with Gasteiger partial charge < -0.3 is 15.4 Å². The van der Waals surface area contributed by atoms with Gasteiger partial charge in [0.25, 0.3) is 0 Å². The summed E-state index contributed by atoms with van der Waals surface area (Å²) < 4.78 is 5.21. The van der Waals surface area contributed by atoms with E-state index in [4.69, 9.17) is 10.00 Å². The molecule has 1 heterocycles. The molecular weight excluding hydrogens is 268 g/mol. The molecule has 0 saturated carbocycles. The van der Waals surface area contributed by atoms with Crippen molar-refractivity contribution in [3.63, 3.8) is 0 Å². The number of para-hydroxylation sites is 1. The first-order valence-corrected chi connectivity index (χ1v) is 7.04. The number of carbonyl (C=O) groups excluding carboxylic acids is 1. The second-order valence-electron chi connectivity index (χ2n) is 4.92. The van der Waals surface area contributed by atoms with Gasteiger partial charge in [-0.3, -0.25) is 9.69 Å². The van der Waals surface area contributed by atoms with Crippen molar-refractivity contribution in [3.8, 4) is 11.8 Å². The molecule has 0 unspecified atom stereocenters. The summed E-state index contributed by atoms with van der Waals surface area (Å²) in [6.45, 7) is 3.96. The van der Waals surface area contributed by atoms with Crippen LogP contribution in [0.15, 0.2) is 18.2 Å². The highest BCUT2D eigenvalue weighted by Crippen LogP contribution is 2.27. The standard InChI is InChI=1S/C15H20N4O2/c1-21-13-5-2-4-12(10-16)15(13)18-14(20)11-19-8-3-6-17-7-9-19/h2,4-5,17H,3,6-9,11H2,1H3,(H,18,20). The highest BCUT2D eigenvalue weighted by Gasteiger charge is 2.16. The quantitative estimate of drug-likeness (QED) is 0.857. The zero-order valence-electron chi connectivity index (χ0n) is 12.2. The van der Waals surface area contributed by atoms with Gasteiger partial charge in [-0.2, -0.15) is 5.26 Å². The number of hydrogen-bond acceptors (Lipinski definition) is 5. The Morgan fingerprint density at radius 2 is 2.33 bits per heavy atom. The fraction of sp³-hybridized carbons (Fsp3) is 0.467. The lowest BCUT2D eigenvalue weighted by Gasteiger charge is -2.19. The Morgan fingerprint density at radius 1 is 1.48 bits per heavy atom. The maximum atomic E-state index is 12.2. The Balaban J connectivity index is 2.03. The minimum absolute atomic E-state index is 0.127. The Kier molecular flexibility index (Phi) is 5.55. The van der Waals surface area contributed by atoms with Gasteiger partial charge in [0.2, 0.25) is 5.91 Å². The molecule has 0 aliphatic carbocycles. The van der Waals surface area contributed by atoms with E-state index >= 15 is 0 Å². The second kappa shape index (κ2) is 7.62. The molecule has 1 aromatic carbocycles. The first kappa shape index (κ1) is 15.3. The molecule has 0 atom stereocenters. The van der Waals surface area contributed by atoms with Crippen molar-refractivity contribution in [2.24, 2.45) is 0 Å². The third kappa shape index (κ3) is 4.18. The van der Waals surface area contributed by atoms with Crippen LogP contribution in [0.3, 0.4) is 0 Å². The van der Waals surface area contributed by atoms with E-state index in [0.717, 1.165) is 32.6 Å². The van der Waals surface area contributed by atoms with Gasteiger partial charge in [-0.05, 0) is 31.6 Å². The van der Waals surface area contributed by atoms with Gasteiger partial charge in [0.05, 0.1) is 19.2 Å². The van der Waals surface area contributed by atoms with Gasteiger partial charge in [0.15, 0.2) is 0 Å². The molecule has 1 fully saturated rings. The average Bonchev–Trinajstić information content (AvgIpc) is 2.76. The summed E-state index contributed by atoms with van der Waals surface area (Å²) in [5, 5.41) is 15.2. The van der Waals surface area contributed by atoms with Gasteiger partial charge in [0.1, 0.15) is 17.5 Å². The third-order valence-electron chi connectivity index (χ3n) is 3.43. The van der Waals surface area contributed by atoms with E-state index in [2.05, 4.69) is 21.6 Å². The van der Waals surface area contributed by atoms with Crippen LogP contribution >= 0.6 is 0 Å². The van der Waals surface area contributed by atoms with Crippen molar-refractivity contribution in [1.82, 2.24) is 10.2 Å². The van der Waals surface area contributed by atoms with E-state index in [-0.39, 0.29) is 5.91 Å². The smallest absolute Gasteiger partial charge is 0.238 e. The topological polar surface area (TPSA) is 77.4 Å². The molecule has 0 radical (unpaired) electrons. The molecule has 112 valence electrons. The molecule has 0 aromatic heterocycles. The fourth-order valence-corrected chi connectivity index (χ4v) is 2.37. The third-order valence-corrected chi connectivity index (χ3v) is 3.43. The van der Waals surface area contributed by atoms with Crippen molar-refractivity contribution in [2.75, 3.05) is 45.2 Å². The number of nitrogens with one attached hydrogen (secondary N) is 2. The van der Waals surface area contributed by atoms with Crippen LogP contribution in [0.25, 0.3) is 0 Å². The van der Waals surface area contributed by atoms with Crippen molar-refractivity contribution in [3.05, 3.63) is 23.8 Å². The van der Waals surface area contributed by atoms with Crippen LogP contribution in [0, 0.1) is 11.3 Å². The Morgan fingerprint density at radius 3 is 3.10 bits per heavy atom. The summed E-state index contributed by atoms with van der Waals surface area (Å²) in [4.78, 5) is 14.3. The number of nitrogens with zero attached hydrogens (tertiary/aromatic N) is 2. The van der Waals surface area contributed by atoms with Gasteiger partial charge >= 0.3 is 0 Å². The normalized spacial score (nSPS) is 15.8. The molecule has 1 aliphatic heterocycles. The number of nitriles is 1. The van der Waals surface area contributed by atoms with E-state index in [1.54, 1.807) is 18.2 Å². The van der Waals surface area contributed by atoms with Crippen molar-refractivity contribution >= 4 is 11.6 Å². The highest BCUT2D eigenvalue weighted by molar-refractivity contribution is 5.95. The van der Waals surface area contributed by atoms with Gasteiger partial charge in [-0.25, -0.2) is 0 Å². The largest absolute Gasteiger partial charge is 0.495 e. The van der Waals surface area contributed by atoms with Crippen LogP contribution < -0.4 is 15.4 Å². The maximum absolute atomic E-state index is 12.2. The van der Waals surface area contributed by atoms with Gasteiger partial charge in [-0.15, -0.1) is 0 Å². The molecule has 1 aromatic rings. The van der Waals surface area contributed by atoms with Crippen LogP contribution in [0.2, 0.25) is 0 Å². The monoisotopic (exact) mass is 288 g/mol. The molecule has 1 aliphatic rings. The minimum atomic E-state index is -0.127. The molecule has 6 heteroatoms. The van der Waals surface area contributed by atoms with E-state index in [1.807, 2.05) is 0 Å². The Hall–Kier alpha value is -2.10. The van der Waals surface area contributed by atoms with E-state index in [1.165, 1.54) is 7.11 Å². The Bertz CT molecular complexity index is 531. The van der Waals surface area contributed by atoms with Crippen LogP contribution in [0.1, 0.15) is 12.0 Å². The lowest BCUT2D eigenvalue weighted by molar-refractivity contribution is -0.117. The van der Waals surface area contributed by atoms with Crippen LogP contribution in [-0.2, 0) is 4.79 Å². The number of ether oxygens (including phenoxy) is 1. The molecular formula is C15H20N4O2. The minimum Gasteiger partial charge on any atom is -0.495 e. The summed E-state index contributed by atoms with van der Waals surface area (Å²) in [6.07, 6.45) is 1.03. The zero-order valence-corrected chi connectivity index (χ0v) is 12.2. The van der Waals surface area contributed by atoms with Crippen molar-refractivity contribution in [1.29, 1.82) is 5.26 Å². The molecule has 0 spiro atoms. The fourth-order valence-electron chi connectivity index (χ4n) is 2.37. The number of rotatable bonds is 4. The molecule has 1 amide bonds. The zero-order chi connectivity index (χ0) is 15.1.